The van der Waals surface area contributed by atoms with Gasteiger partial charge in [0.25, 0.3) is 0 Å². The number of hydrogen-bond donors (Lipinski definition) is 2. The number of aryl methyl sites for hydroxylation is 2. The molecule has 2 heterocycles. The van der Waals surface area contributed by atoms with Crippen molar-refractivity contribution in [2.24, 2.45) is 5.73 Å². The molecule has 28 heavy (non-hydrogen) atoms. The van der Waals surface area contributed by atoms with Crippen molar-refractivity contribution in [3.8, 4) is 10.4 Å². The zero-order chi connectivity index (χ0) is 20.3. The number of amides is 1. The van der Waals surface area contributed by atoms with Crippen LogP contribution in [-0.4, -0.2) is 20.9 Å². The van der Waals surface area contributed by atoms with Gasteiger partial charge in [-0.2, -0.15) is 13.2 Å². The Labute approximate surface area is 162 Å². The lowest BCUT2D eigenvalue weighted by molar-refractivity contribution is -0.141. The van der Waals surface area contributed by atoms with E-state index in [4.69, 9.17) is 5.73 Å². The number of thiazole rings is 1. The number of nitrogens with two attached hydrogens (primary N) is 1. The van der Waals surface area contributed by atoms with Crippen LogP contribution in [-0.2, 0) is 17.4 Å². The van der Waals surface area contributed by atoms with Crippen LogP contribution in [0.1, 0.15) is 22.7 Å². The number of carbonyl (C=O) groups is 1. The van der Waals surface area contributed by atoms with E-state index in [0.717, 1.165) is 33.3 Å². The summed E-state index contributed by atoms with van der Waals surface area (Å²) in [5.74, 6) is -0.530. The molecule has 0 atom stereocenters. The summed E-state index contributed by atoms with van der Waals surface area (Å²) in [7, 11) is 0. The molecule has 2 aromatic heterocycles. The Morgan fingerprint density at radius 2 is 2.04 bits per heavy atom. The SMILES string of the molecule is Cc1cc(Nc2nccc(C(F)(F)F)n2)cc(-c2cnc(CCC(N)=O)s2)c1. The van der Waals surface area contributed by atoms with Crippen molar-refractivity contribution in [2.45, 2.75) is 25.9 Å². The number of nitrogens with one attached hydrogen (secondary N) is 1. The van der Waals surface area contributed by atoms with Gasteiger partial charge in [-0.15, -0.1) is 11.3 Å². The zero-order valence-corrected chi connectivity index (χ0v) is 15.6. The zero-order valence-electron chi connectivity index (χ0n) is 14.7. The minimum atomic E-state index is -4.54. The summed E-state index contributed by atoms with van der Waals surface area (Å²) in [6.07, 6.45) is -1.10. The van der Waals surface area contributed by atoms with E-state index in [1.807, 2.05) is 13.0 Å². The van der Waals surface area contributed by atoms with Crippen LogP contribution >= 0.6 is 11.3 Å². The quantitative estimate of drug-likeness (QED) is 0.642. The maximum absolute atomic E-state index is 12.8. The number of halogens is 3. The van der Waals surface area contributed by atoms with E-state index in [1.54, 1.807) is 18.3 Å². The van der Waals surface area contributed by atoms with E-state index in [2.05, 4.69) is 20.3 Å². The van der Waals surface area contributed by atoms with Gasteiger partial charge in [0.2, 0.25) is 11.9 Å². The topological polar surface area (TPSA) is 93.8 Å². The number of carbonyl (C=O) groups excluding carboxylic acids is 1. The van der Waals surface area contributed by atoms with Gasteiger partial charge in [0, 0.05) is 30.9 Å². The summed E-state index contributed by atoms with van der Waals surface area (Å²) in [6, 6.07) is 6.31. The molecule has 6 nitrogen and oxygen atoms in total. The van der Waals surface area contributed by atoms with Crippen LogP contribution < -0.4 is 11.1 Å². The van der Waals surface area contributed by atoms with E-state index < -0.39 is 11.9 Å². The second-order valence-corrected chi connectivity index (χ2v) is 7.18. The smallest absolute Gasteiger partial charge is 0.370 e. The third kappa shape index (κ3) is 5.03. The highest BCUT2D eigenvalue weighted by Crippen LogP contribution is 2.31. The highest BCUT2D eigenvalue weighted by atomic mass is 32.1. The highest BCUT2D eigenvalue weighted by Gasteiger charge is 2.32. The maximum Gasteiger partial charge on any atom is 0.433 e. The average Bonchev–Trinajstić information content (AvgIpc) is 3.08. The number of hydrogen-bond acceptors (Lipinski definition) is 6. The molecule has 3 rings (SSSR count). The van der Waals surface area contributed by atoms with E-state index in [1.165, 1.54) is 11.3 Å². The molecule has 0 unspecified atom stereocenters. The van der Waals surface area contributed by atoms with Gasteiger partial charge in [0.15, 0.2) is 0 Å². The van der Waals surface area contributed by atoms with Crippen LogP contribution in [0.15, 0.2) is 36.7 Å². The summed E-state index contributed by atoms with van der Waals surface area (Å²) in [4.78, 5) is 23.4. The lowest BCUT2D eigenvalue weighted by Gasteiger charge is -2.10. The Balaban J connectivity index is 1.83. The predicted molar refractivity (Wildman–Crippen MR) is 100 cm³/mol. The van der Waals surface area contributed by atoms with E-state index in [9.17, 15) is 18.0 Å². The molecule has 0 aliphatic heterocycles. The number of benzene rings is 1. The fraction of sp³-hybridized carbons (Fsp3) is 0.222. The van der Waals surface area contributed by atoms with Crippen molar-refractivity contribution in [1.82, 2.24) is 15.0 Å². The largest absolute Gasteiger partial charge is 0.433 e. The fourth-order valence-corrected chi connectivity index (χ4v) is 3.40. The predicted octanol–water partition coefficient (Wildman–Crippen LogP) is 4.09. The molecule has 0 spiro atoms. The Bertz CT molecular complexity index is 1000. The van der Waals surface area contributed by atoms with Crippen molar-refractivity contribution >= 4 is 28.9 Å². The van der Waals surface area contributed by atoms with Gasteiger partial charge in [-0.05, 0) is 36.2 Å². The summed E-state index contributed by atoms with van der Waals surface area (Å²) < 4.78 is 38.5. The Hall–Kier alpha value is -3.01. The molecule has 0 fully saturated rings. The van der Waals surface area contributed by atoms with Crippen LogP contribution in [0.2, 0.25) is 0 Å². The second-order valence-electron chi connectivity index (χ2n) is 6.06. The first-order chi connectivity index (χ1) is 13.2. The highest BCUT2D eigenvalue weighted by molar-refractivity contribution is 7.15. The molecule has 0 bridgehead atoms. The monoisotopic (exact) mass is 407 g/mol. The first-order valence-corrected chi connectivity index (χ1v) is 9.05. The van der Waals surface area contributed by atoms with Crippen LogP contribution in [0.25, 0.3) is 10.4 Å². The van der Waals surface area contributed by atoms with Crippen LogP contribution in [0.5, 0.6) is 0 Å². The normalized spacial score (nSPS) is 11.4. The molecule has 3 N–H and O–H groups in total. The van der Waals surface area contributed by atoms with Gasteiger partial charge in [0.1, 0.15) is 5.69 Å². The van der Waals surface area contributed by atoms with Gasteiger partial charge in [-0.3, -0.25) is 4.79 Å². The molecule has 0 radical (unpaired) electrons. The van der Waals surface area contributed by atoms with E-state index in [0.29, 0.717) is 12.1 Å². The Morgan fingerprint density at radius 1 is 1.25 bits per heavy atom. The molecular formula is C18H16F3N5OS. The van der Waals surface area contributed by atoms with Crippen LogP contribution in [0.3, 0.4) is 0 Å². The molecule has 1 aromatic carbocycles. The Kier molecular flexibility index (Phi) is 5.59. The van der Waals surface area contributed by atoms with Gasteiger partial charge in [-0.25, -0.2) is 15.0 Å². The molecule has 146 valence electrons. The summed E-state index contributed by atoms with van der Waals surface area (Å²) in [5, 5.41) is 3.60. The first-order valence-electron chi connectivity index (χ1n) is 8.23. The van der Waals surface area contributed by atoms with Crippen molar-refractivity contribution < 1.29 is 18.0 Å². The summed E-state index contributed by atoms with van der Waals surface area (Å²) in [5.41, 5.74) is 6.45. The van der Waals surface area contributed by atoms with Gasteiger partial charge < -0.3 is 11.1 Å². The number of primary amides is 1. The van der Waals surface area contributed by atoms with E-state index >= 15 is 0 Å². The van der Waals surface area contributed by atoms with Crippen molar-refractivity contribution in [1.29, 1.82) is 0 Å². The minimum absolute atomic E-state index is 0.141. The van der Waals surface area contributed by atoms with Crippen molar-refractivity contribution in [3.63, 3.8) is 0 Å². The summed E-state index contributed by atoms with van der Waals surface area (Å²) >= 11 is 1.43. The lowest BCUT2D eigenvalue weighted by Crippen LogP contribution is -2.10. The maximum atomic E-state index is 12.8. The third-order valence-electron chi connectivity index (χ3n) is 3.70. The summed E-state index contributed by atoms with van der Waals surface area (Å²) in [6.45, 7) is 1.87. The molecule has 3 aromatic rings. The lowest BCUT2D eigenvalue weighted by atomic mass is 10.1. The number of nitrogens with zero attached hydrogens (tertiary/aromatic N) is 3. The average molecular weight is 407 g/mol. The first kappa shape index (κ1) is 19.7. The molecule has 10 heteroatoms. The molecule has 0 saturated heterocycles. The second kappa shape index (κ2) is 7.93. The van der Waals surface area contributed by atoms with E-state index in [-0.39, 0.29) is 18.3 Å². The molecule has 0 aliphatic rings. The van der Waals surface area contributed by atoms with Crippen molar-refractivity contribution in [2.75, 3.05) is 5.32 Å². The minimum Gasteiger partial charge on any atom is -0.370 e. The standard InChI is InChI=1S/C18H16F3N5OS/c1-10-6-11(13-9-24-16(28-13)3-2-15(22)27)8-12(7-10)25-17-23-5-4-14(26-17)18(19,20)21/h4-9H,2-3H2,1H3,(H2,22,27)(H,23,25,26). The number of anilines is 2. The molecule has 0 saturated carbocycles. The van der Waals surface area contributed by atoms with Gasteiger partial charge in [0.05, 0.1) is 9.88 Å². The molecule has 1 amide bonds. The van der Waals surface area contributed by atoms with Gasteiger partial charge in [-0.1, -0.05) is 6.07 Å². The third-order valence-corrected chi connectivity index (χ3v) is 4.81. The van der Waals surface area contributed by atoms with Crippen LogP contribution in [0, 0.1) is 6.92 Å². The fourth-order valence-electron chi connectivity index (χ4n) is 2.49. The molecule has 0 aliphatic carbocycles. The number of rotatable bonds is 6. The van der Waals surface area contributed by atoms with Crippen LogP contribution in [0.4, 0.5) is 24.8 Å². The molecular weight excluding hydrogens is 391 g/mol. The Morgan fingerprint density at radius 3 is 2.75 bits per heavy atom. The number of aromatic nitrogens is 3. The number of alkyl halides is 3. The van der Waals surface area contributed by atoms with Gasteiger partial charge >= 0.3 is 6.18 Å². The van der Waals surface area contributed by atoms with Crippen molar-refractivity contribution in [3.05, 3.63) is 52.9 Å².